The first-order valence-electron chi connectivity index (χ1n) is 13.9. The predicted octanol–water partition coefficient (Wildman–Crippen LogP) is 3.67. The summed E-state index contributed by atoms with van der Waals surface area (Å²) in [5.74, 6) is 0.379. The number of carbonyl (C=O) groups is 3. The van der Waals surface area contributed by atoms with Crippen LogP contribution in [0.2, 0.25) is 5.15 Å². The van der Waals surface area contributed by atoms with Crippen molar-refractivity contribution in [2.75, 3.05) is 26.0 Å². The van der Waals surface area contributed by atoms with Crippen LogP contribution in [0.4, 0.5) is 11.5 Å². The van der Waals surface area contributed by atoms with Gasteiger partial charge in [-0.25, -0.2) is 15.0 Å². The van der Waals surface area contributed by atoms with Crippen LogP contribution in [0.1, 0.15) is 46.1 Å². The summed E-state index contributed by atoms with van der Waals surface area (Å²) in [6.07, 6.45) is 4.32. The predicted molar refractivity (Wildman–Crippen MR) is 162 cm³/mol. The number of ether oxygens (including phenoxy) is 1. The average Bonchev–Trinajstić information content (AvgIpc) is 3.46. The lowest BCUT2D eigenvalue weighted by Crippen LogP contribution is -2.58. The zero-order valence-electron chi connectivity index (χ0n) is 24.8. The first-order chi connectivity index (χ1) is 19.9. The van der Waals surface area contributed by atoms with Crippen molar-refractivity contribution < 1.29 is 19.1 Å². The maximum absolute atomic E-state index is 13.8. The van der Waals surface area contributed by atoms with Crippen molar-refractivity contribution in [3.63, 3.8) is 0 Å². The molecule has 1 aromatic carbocycles. The molecule has 0 radical (unpaired) electrons. The van der Waals surface area contributed by atoms with Gasteiger partial charge < -0.3 is 25.6 Å². The molecule has 3 heterocycles. The standard InChI is InChI=1S/C30H38ClN7O4/c1-17(32-5)28(40)37-25(30(2,3)4)29(41)38-12-8-10-22(38)23(39)14-18-13-19-21(15-24(18)42-6)34-16-35-27(19)36-20-9-7-11-33-26(20)31/h7,9,11,13,15-17,22,25,32H,8,10,12,14H2,1-6H3,(H,37,40)(H,34,35,36)/t17-,22-,25+/m0/s1. The summed E-state index contributed by atoms with van der Waals surface area (Å²) in [4.78, 5) is 54.8. The highest BCUT2D eigenvalue weighted by molar-refractivity contribution is 6.32. The number of amides is 2. The lowest BCUT2D eigenvalue weighted by molar-refractivity contribution is -0.143. The third kappa shape index (κ3) is 6.79. The van der Waals surface area contributed by atoms with Crippen molar-refractivity contribution in [2.24, 2.45) is 5.41 Å². The SMILES string of the molecule is CN[C@@H](C)C(=O)N[C@H](C(=O)N1CCC[C@H]1C(=O)Cc1cc2c(Nc3cccnc3Cl)ncnc2cc1OC)C(C)(C)C. The van der Waals surface area contributed by atoms with Gasteiger partial charge in [-0.05, 0) is 50.4 Å². The number of hydrogen-bond donors (Lipinski definition) is 3. The molecule has 2 amide bonds. The van der Waals surface area contributed by atoms with E-state index in [2.05, 4.69) is 30.9 Å². The van der Waals surface area contributed by atoms with Gasteiger partial charge in [0.25, 0.3) is 0 Å². The van der Waals surface area contributed by atoms with Gasteiger partial charge in [0.1, 0.15) is 23.9 Å². The van der Waals surface area contributed by atoms with Gasteiger partial charge in [-0.2, -0.15) is 0 Å². The van der Waals surface area contributed by atoms with Crippen LogP contribution >= 0.6 is 11.6 Å². The molecule has 1 aliphatic rings. The van der Waals surface area contributed by atoms with Crippen molar-refractivity contribution >= 4 is 51.6 Å². The maximum atomic E-state index is 13.8. The van der Waals surface area contributed by atoms with E-state index in [9.17, 15) is 14.4 Å². The van der Waals surface area contributed by atoms with Crippen LogP contribution in [0.15, 0.2) is 36.8 Å². The Hall–Kier alpha value is -3.83. The third-order valence-electron chi connectivity index (χ3n) is 7.55. The molecule has 11 nitrogen and oxygen atoms in total. The Morgan fingerprint density at radius 1 is 1.19 bits per heavy atom. The van der Waals surface area contributed by atoms with Crippen LogP contribution in [-0.2, 0) is 20.8 Å². The van der Waals surface area contributed by atoms with Crippen LogP contribution in [0, 0.1) is 5.41 Å². The Kier molecular flexibility index (Phi) is 9.63. The van der Waals surface area contributed by atoms with E-state index in [1.807, 2.05) is 26.8 Å². The van der Waals surface area contributed by atoms with E-state index in [1.54, 1.807) is 50.4 Å². The highest BCUT2D eigenvalue weighted by Crippen LogP contribution is 2.33. The van der Waals surface area contributed by atoms with Crippen LogP contribution in [0.25, 0.3) is 10.9 Å². The van der Waals surface area contributed by atoms with Crippen molar-refractivity contribution in [2.45, 2.75) is 65.1 Å². The minimum absolute atomic E-state index is 0.0406. The molecule has 3 N–H and O–H groups in total. The molecule has 0 aliphatic carbocycles. The summed E-state index contributed by atoms with van der Waals surface area (Å²) in [6, 6.07) is 5.29. The van der Waals surface area contributed by atoms with Gasteiger partial charge in [-0.3, -0.25) is 14.4 Å². The molecule has 0 unspecified atom stereocenters. The lowest BCUT2D eigenvalue weighted by Gasteiger charge is -2.36. The first kappa shape index (κ1) is 31.1. The average molecular weight is 596 g/mol. The molecule has 0 bridgehead atoms. The second kappa shape index (κ2) is 13.0. The topological polar surface area (TPSA) is 138 Å². The maximum Gasteiger partial charge on any atom is 0.246 e. The van der Waals surface area contributed by atoms with Crippen molar-refractivity contribution in [1.82, 2.24) is 30.5 Å². The summed E-state index contributed by atoms with van der Waals surface area (Å²) in [6.45, 7) is 7.88. The Morgan fingerprint density at radius 3 is 2.62 bits per heavy atom. The van der Waals surface area contributed by atoms with E-state index in [4.69, 9.17) is 16.3 Å². The van der Waals surface area contributed by atoms with E-state index in [1.165, 1.54) is 6.33 Å². The van der Waals surface area contributed by atoms with Gasteiger partial charge in [0.05, 0.1) is 30.4 Å². The number of halogens is 1. The number of rotatable bonds is 10. The summed E-state index contributed by atoms with van der Waals surface area (Å²) >= 11 is 6.25. The van der Waals surface area contributed by atoms with E-state index in [0.29, 0.717) is 58.3 Å². The summed E-state index contributed by atoms with van der Waals surface area (Å²) in [7, 11) is 3.23. The molecule has 1 saturated heterocycles. The fraction of sp³-hybridized carbons (Fsp3) is 0.467. The smallest absolute Gasteiger partial charge is 0.246 e. The Balaban J connectivity index is 1.60. The van der Waals surface area contributed by atoms with Gasteiger partial charge in [-0.1, -0.05) is 32.4 Å². The fourth-order valence-electron chi connectivity index (χ4n) is 5.05. The normalized spacial score (nSPS) is 16.6. The Morgan fingerprint density at radius 2 is 1.95 bits per heavy atom. The number of likely N-dealkylation sites (tertiary alicyclic amines) is 1. The first-order valence-corrected chi connectivity index (χ1v) is 14.3. The molecule has 1 fully saturated rings. The van der Waals surface area contributed by atoms with Crippen LogP contribution in [0.5, 0.6) is 5.75 Å². The number of nitrogens with one attached hydrogen (secondary N) is 3. The number of hydrogen-bond acceptors (Lipinski definition) is 9. The Labute approximate surface area is 250 Å². The molecular weight excluding hydrogens is 558 g/mol. The summed E-state index contributed by atoms with van der Waals surface area (Å²) in [5, 5.41) is 9.98. The number of anilines is 2. The number of aromatic nitrogens is 3. The fourth-order valence-corrected chi connectivity index (χ4v) is 5.21. The molecule has 224 valence electrons. The molecule has 1 aliphatic heterocycles. The minimum atomic E-state index is -0.783. The second-order valence-electron chi connectivity index (χ2n) is 11.5. The van der Waals surface area contributed by atoms with E-state index < -0.39 is 23.5 Å². The quantitative estimate of drug-likeness (QED) is 0.300. The molecule has 0 spiro atoms. The van der Waals surface area contributed by atoms with Crippen molar-refractivity contribution in [3.8, 4) is 5.75 Å². The number of pyridine rings is 1. The Bertz CT molecular complexity index is 1480. The molecule has 2 aromatic heterocycles. The second-order valence-corrected chi connectivity index (χ2v) is 11.9. The van der Waals surface area contributed by atoms with Gasteiger partial charge in [0, 0.05) is 36.2 Å². The van der Waals surface area contributed by atoms with Gasteiger partial charge >= 0.3 is 0 Å². The molecule has 0 saturated carbocycles. The zero-order chi connectivity index (χ0) is 30.6. The number of methoxy groups -OCH3 is 1. The van der Waals surface area contributed by atoms with Crippen LogP contribution in [0.3, 0.4) is 0 Å². The number of ketones is 1. The van der Waals surface area contributed by atoms with Crippen LogP contribution < -0.4 is 20.7 Å². The summed E-state index contributed by atoms with van der Waals surface area (Å²) in [5.41, 5.74) is 1.29. The third-order valence-corrected chi connectivity index (χ3v) is 7.85. The van der Waals surface area contributed by atoms with Gasteiger partial charge in [-0.15, -0.1) is 0 Å². The van der Waals surface area contributed by atoms with E-state index in [0.717, 1.165) is 0 Å². The molecular formula is C30H38ClN7O4. The van der Waals surface area contributed by atoms with E-state index in [-0.39, 0.29) is 24.0 Å². The number of Topliss-reactive ketones (excluding diaryl/α,β-unsaturated/α-hetero) is 1. The van der Waals surface area contributed by atoms with Crippen LogP contribution in [-0.4, -0.2) is 76.3 Å². The zero-order valence-corrected chi connectivity index (χ0v) is 25.6. The number of fused-ring (bicyclic) bond motifs is 1. The lowest BCUT2D eigenvalue weighted by atomic mass is 9.85. The molecule has 42 heavy (non-hydrogen) atoms. The number of likely N-dealkylation sites (N-methyl/N-ethyl adjacent to an activating group) is 1. The molecule has 12 heteroatoms. The van der Waals surface area contributed by atoms with Crippen molar-refractivity contribution in [3.05, 3.63) is 47.5 Å². The van der Waals surface area contributed by atoms with Crippen molar-refractivity contribution in [1.29, 1.82) is 0 Å². The highest BCUT2D eigenvalue weighted by atomic mass is 35.5. The van der Waals surface area contributed by atoms with Gasteiger partial charge in [0.2, 0.25) is 11.8 Å². The molecule has 3 aromatic rings. The monoisotopic (exact) mass is 595 g/mol. The number of carbonyl (C=O) groups excluding carboxylic acids is 3. The number of benzene rings is 1. The molecule has 3 atom stereocenters. The molecule has 4 rings (SSSR count). The van der Waals surface area contributed by atoms with E-state index >= 15 is 0 Å². The highest BCUT2D eigenvalue weighted by Gasteiger charge is 2.42. The summed E-state index contributed by atoms with van der Waals surface area (Å²) < 4.78 is 5.63. The largest absolute Gasteiger partial charge is 0.496 e. The number of nitrogens with zero attached hydrogens (tertiary/aromatic N) is 4. The van der Waals surface area contributed by atoms with Gasteiger partial charge in [0.15, 0.2) is 10.9 Å². The minimum Gasteiger partial charge on any atom is -0.496 e.